The summed E-state index contributed by atoms with van der Waals surface area (Å²) in [7, 11) is -4.06. The van der Waals surface area contributed by atoms with E-state index in [1.54, 1.807) is 4.90 Å². The fourth-order valence-electron chi connectivity index (χ4n) is 3.25. The molecule has 2 aromatic rings. The zero-order chi connectivity index (χ0) is 21.1. The first-order valence-electron chi connectivity index (χ1n) is 8.86. The van der Waals surface area contributed by atoms with Gasteiger partial charge in [-0.2, -0.15) is 0 Å². The first-order chi connectivity index (χ1) is 13.7. The lowest BCUT2D eigenvalue weighted by molar-refractivity contribution is -0.274. The number of hydrogen-bond donors (Lipinski definition) is 1. The van der Waals surface area contributed by atoms with Crippen LogP contribution >= 0.6 is 0 Å². The molecule has 0 spiro atoms. The summed E-state index contributed by atoms with van der Waals surface area (Å²) in [5.41, 5.74) is 0.987. The number of benzene rings is 2. The predicted molar refractivity (Wildman–Crippen MR) is 98.4 cm³/mol. The van der Waals surface area contributed by atoms with Gasteiger partial charge in [-0.3, -0.25) is 4.79 Å². The van der Waals surface area contributed by atoms with Crippen molar-refractivity contribution in [2.24, 2.45) is 0 Å². The van der Waals surface area contributed by atoms with Crippen LogP contribution < -0.4 is 9.46 Å². The second-order valence-corrected chi connectivity index (χ2v) is 8.27. The molecule has 29 heavy (non-hydrogen) atoms. The van der Waals surface area contributed by atoms with Gasteiger partial charge in [0.1, 0.15) is 5.75 Å². The van der Waals surface area contributed by atoms with Gasteiger partial charge in [0.05, 0.1) is 17.5 Å². The average Bonchev–Trinajstić information content (AvgIpc) is 3.16. The van der Waals surface area contributed by atoms with Crippen molar-refractivity contribution in [1.29, 1.82) is 0 Å². The van der Waals surface area contributed by atoms with Crippen molar-refractivity contribution < 1.29 is 31.1 Å². The largest absolute Gasteiger partial charge is 0.573 e. The first kappa shape index (κ1) is 21.1. The van der Waals surface area contributed by atoms with Gasteiger partial charge in [-0.25, -0.2) is 13.1 Å². The number of nitrogens with one attached hydrogen (secondary N) is 1. The Labute approximate surface area is 166 Å². The van der Waals surface area contributed by atoms with E-state index in [-0.39, 0.29) is 16.8 Å². The number of hydrogen-bond acceptors (Lipinski definition) is 4. The molecule has 10 heteroatoms. The maximum Gasteiger partial charge on any atom is 0.573 e. The first-order valence-corrected chi connectivity index (χ1v) is 10.3. The molecule has 0 bridgehead atoms. The molecule has 1 saturated heterocycles. The van der Waals surface area contributed by atoms with Crippen LogP contribution in [0.5, 0.6) is 5.75 Å². The van der Waals surface area contributed by atoms with E-state index in [9.17, 15) is 26.4 Å². The summed E-state index contributed by atoms with van der Waals surface area (Å²) in [6, 6.07) is 13.1. The van der Waals surface area contributed by atoms with Crippen LogP contribution in [0.4, 0.5) is 13.2 Å². The van der Waals surface area contributed by atoms with E-state index in [2.05, 4.69) is 9.46 Å². The molecule has 2 aromatic carbocycles. The summed E-state index contributed by atoms with van der Waals surface area (Å²) in [5, 5.41) is 0. The van der Waals surface area contributed by atoms with Crippen molar-refractivity contribution in [3.05, 3.63) is 60.2 Å². The van der Waals surface area contributed by atoms with Gasteiger partial charge >= 0.3 is 6.36 Å². The van der Waals surface area contributed by atoms with Gasteiger partial charge in [-0.15, -0.1) is 13.2 Å². The van der Waals surface area contributed by atoms with Crippen LogP contribution in [0, 0.1) is 0 Å². The highest BCUT2D eigenvalue weighted by Gasteiger charge is 2.32. The number of rotatable bonds is 6. The smallest absolute Gasteiger partial charge is 0.406 e. The van der Waals surface area contributed by atoms with Crippen LogP contribution in [0.1, 0.15) is 24.4 Å². The third-order valence-corrected chi connectivity index (χ3v) is 5.96. The van der Waals surface area contributed by atoms with Crippen LogP contribution in [0.3, 0.4) is 0 Å². The Hall–Kier alpha value is -2.59. The second-order valence-electron chi connectivity index (χ2n) is 6.50. The van der Waals surface area contributed by atoms with Crippen LogP contribution in [0.2, 0.25) is 0 Å². The van der Waals surface area contributed by atoms with E-state index in [1.165, 1.54) is 0 Å². The van der Waals surface area contributed by atoms with E-state index in [4.69, 9.17) is 0 Å². The van der Waals surface area contributed by atoms with E-state index < -0.39 is 28.7 Å². The SMILES string of the molecule is O=C(CNS(=O)(=O)c1ccc(OC(F)(F)F)cc1)N1CCCC1c1ccccc1. The lowest BCUT2D eigenvalue weighted by atomic mass is 10.0. The summed E-state index contributed by atoms with van der Waals surface area (Å²) in [5.74, 6) is -0.896. The average molecular weight is 428 g/mol. The third-order valence-electron chi connectivity index (χ3n) is 4.54. The second kappa shape index (κ2) is 8.42. The molecule has 1 atom stereocenters. The van der Waals surface area contributed by atoms with Crippen LogP contribution in [-0.4, -0.2) is 38.7 Å². The van der Waals surface area contributed by atoms with Crippen molar-refractivity contribution in [2.45, 2.75) is 30.1 Å². The highest BCUT2D eigenvalue weighted by molar-refractivity contribution is 7.89. The minimum Gasteiger partial charge on any atom is -0.406 e. The zero-order valence-corrected chi connectivity index (χ0v) is 16.0. The van der Waals surface area contributed by atoms with Crippen molar-refractivity contribution >= 4 is 15.9 Å². The summed E-state index contributed by atoms with van der Waals surface area (Å²) >= 11 is 0. The minimum atomic E-state index is -4.86. The van der Waals surface area contributed by atoms with Crippen LogP contribution in [0.25, 0.3) is 0 Å². The normalized spacial score (nSPS) is 17.3. The van der Waals surface area contributed by atoms with Gasteiger partial charge < -0.3 is 9.64 Å². The molecule has 1 fully saturated rings. The maximum atomic E-state index is 12.6. The maximum absolute atomic E-state index is 12.6. The highest BCUT2D eigenvalue weighted by Crippen LogP contribution is 2.31. The molecule has 1 heterocycles. The van der Waals surface area contributed by atoms with Crippen LogP contribution in [-0.2, 0) is 14.8 Å². The number of carbonyl (C=O) groups is 1. The Bertz CT molecular complexity index is 948. The lowest BCUT2D eigenvalue weighted by Crippen LogP contribution is -2.39. The Kier molecular flexibility index (Phi) is 6.13. The van der Waals surface area contributed by atoms with Gasteiger partial charge in [-0.1, -0.05) is 30.3 Å². The monoisotopic (exact) mass is 428 g/mol. The van der Waals surface area contributed by atoms with E-state index in [1.807, 2.05) is 30.3 Å². The van der Waals surface area contributed by atoms with E-state index in [0.29, 0.717) is 6.54 Å². The van der Waals surface area contributed by atoms with Gasteiger partial charge in [0.2, 0.25) is 15.9 Å². The highest BCUT2D eigenvalue weighted by atomic mass is 32.2. The van der Waals surface area contributed by atoms with Crippen LogP contribution in [0.15, 0.2) is 59.5 Å². The standard InChI is InChI=1S/C19H19F3N2O4S/c20-19(21,22)28-15-8-10-16(11-9-15)29(26,27)23-13-18(25)24-12-4-7-17(24)14-5-2-1-3-6-14/h1-3,5-6,8-11,17,23H,4,7,12-13H2. The van der Waals surface area contributed by atoms with E-state index in [0.717, 1.165) is 42.7 Å². The Morgan fingerprint density at radius 1 is 1.10 bits per heavy atom. The molecular formula is C19H19F3N2O4S. The molecule has 0 radical (unpaired) electrons. The van der Waals surface area contributed by atoms with Crippen molar-refractivity contribution in [3.8, 4) is 5.75 Å². The molecule has 1 aliphatic rings. The molecule has 1 amide bonds. The third kappa shape index (κ3) is 5.48. The Morgan fingerprint density at radius 3 is 2.38 bits per heavy atom. The van der Waals surface area contributed by atoms with Gasteiger partial charge in [0.15, 0.2) is 0 Å². The summed E-state index contributed by atoms with van der Waals surface area (Å²) < 4.78 is 67.2. The van der Waals surface area contributed by atoms with E-state index >= 15 is 0 Å². The molecule has 156 valence electrons. The summed E-state index contributed by atoms with van der Waals surface area (Å²) in [4.78, 5) is 13.9. The molecule has 6 nitrogen and oxygen atoms in total. The van der Waals surface area contributed by atoms with Crippen molar-refractivity contribution in [1.82, 2.24) is 9.62 Å². The van der Waals surface area contributed by atoms with Crippen molar-refractivity contribution in [2.75, 3.05) is 13.1 Å². The molecule has 1 unspecified atom stereocenters. The molecule has 1 aliphatic heterocycles. The topological polar surface area (TPSA) is 75.7 Å². The number of carbonyl (C=O) groups excluding carboxylic acids is 1. The Balaban J connectivity index is 1.63. The molecular weight excluding hydrogens is 409 g/mol. The fourth-order valence-corrected chi connectivity index (χ4v) is 4.22. The van der Waals surface area contributed by atoms with Gasteiger partial charge in [0, 0.05) is 6.54 Å². The number of halogens is 3. The predicted octanol–water partition coefficient (Wildman–Crippen LogP) is 3.23. The molecule has 0 aliphatic carbocycles. The summed E-state index contributed by atoms with van der Waals surface area (Å²) in [6.45, 7) is 0.0933. The van der Waals surface area contributed by atoms with Gasteiger partial charge in [0.25, 0.3) is 0 Å². The number of likely N-dealkylation sites (tertiary alicyclic amines) is 1. The minimum absolute atomic E-state index is 0.105. The number of sulfonamides is 1. The molecule has 1 N–H and O–H groups in total. The zero-order valence-electron chi connectivity index (χ0n) is 15.2. The Morgan fingerprint density at radius 2 is 1.76 bits per heavy atom. The molecule has 0 saturated carbocycles. The molecule has 0 aromatic heterocycles. The quantitative estimate of drug-likeness (QED) is 0.767. The number of nitrogens with zero attached hydrogens (tertiary/aromatic N) is 1. The fraction of sp³-hybridized carbons (Fsp3) is 0.316. The van der Waals surface area contributed by atoms with Gasteiger partial charge in [-0.05, 0) is 42.7 Å². The number of alkyl halides is 3. The van der Waals surface area contributed by atoms with Crippen molar-refractivity contribution in [3.63, 3.8) is 0 Å². The summed E-state index contributed by atoms with van der Waals surface area (Å²) in [6.07, 6.45) is -3.25. The molecule has 3 rings (SSSR count). The lowest BCUT2D eigenvalue weighted by Gasteiger charge is -2.25. The number of ether oxygens (including phenoxy) is 1. The number of amides is 1.